The lowest BCUT2D eigenvalue weighted by Crippen LogP contribution is -1.87. The molecule has 0 saturated carbocycles. The van der Waals surface area contributed by atoms with Crippen molar-refractivity contribution in [2.45, 2.75) is 33.6 Å². The van der Waals surface area contributed by atoms with E-state index in [-0.39, 0.29) is 0 Å². The van der Waals surface area contributed by atoms with Gasteiger partial charge in [-0.1, -0.05) is 19.9 Å². The molecule has 12 heavy (non-hydrogen) atoms. The van der Waals surface area contributed by atoms with Gasteiger partial charge in [0, 0.05) is 12.4 Å². The van der Waals surface area contributed by atoms with Crippen LogP contribution in [0.1, 0.15) is 33.6 Å². The van der Waals surface area contributed by atoms with Gasteiger partial charge in [-0.2, -0.15) is 0 Å². The molecule has 0 aliphatic carbocycles. The zero-order valence-corrected chi connectivity index (χ0v) is 8.17. The molecule has 0 aromatic carbocycles. The van der Waals surface area contributed by atoms with E-state index in [1.807, 2.05) is 20.1 Å². The Labute approximate surface area is 74.9 Å². The van der Waals surface area contributed by atoms with Gasteiger partial charge in [-0.15, -0.1) is 0 Å². The molecule has 0 aliphatic heterocycles. The summed E-state index contributed by atoms with van der Waals surface area (Å²) in [4.78, 5) is 4.25. The van der Waals surface area contributed by atoms with Gasteiger partial charge in [-0.25, -0.2) is 0 Å². The molecule has 0 aromatic rings. The SMILES string of the molecule is C\C=C(/C=N/C(=C/N)CC)CC. The molecule has 2 heteroatoms. The zero-order chi connectivity index (χ0) is 9.40. The molecule has 0 spiro atoms. The molecule has 0 radical (unpaired) electrons. The van der Waals surface area contributed by atoms with Crippen LogP contribution >= 0.6 is 0 Å². The predicted octanol–water partition coefficient (Wildman–Crippen LogP) is 2.62. The van der Waals surface area contributed by atoms with Crippen LogP contribution in [0.5, 0.6) is 0 Å². The van der Waals surface area contributed by atoms with Crippen molar-refractivity contribution in [1.82, 2.24) is 0 Å². The molecular weight excluding hydrogens is 148 g/mol. The lowest BCUT2D eigenvalue weighted by atomic mass is 10.2. The first-order valence-corrected chi connectivity index (χ1v) is 4.38. The van der Waals surface area contributed by atoms with Crippen LogP contribution < -0.4 is 5.73 Å². The highest BCUT2D eigenvalue weighted by molar-refractivity contribution is 5.79. The molecule has 0 rings (SSSR count). The number of nitrogens with zero attached hydrogens (tertiary/aromatic N) is 1. The van der Waals surface area contributed by atoms with Gasteiger partial charge >= 0.3 is 0 Å². The minimum absolute atomic E-state index is 0.883. The molecule has 0 amide bonds. The number of hydrogen-bond donors (Lipinski definition) is 1. The zero-order valence-electron chi connectivity index (χ0n) is 8.17. The summed E-state index contributed by atoms with van der Waals surface area (Å²) in [5.41, 5.74) is 7.53. The Morgan fingerprint density at radius 1 is 1.33 bits per heavy atom. The Hall–Kier alpha value is -1.05. The Morgan fingerprint density at radius 2 is 2.00 bits per heavy atom. The molecule has 2 nitrogen and oxygen atoms in total. The first kappa shape index (κ1) is 11.0. The van der Waals surface area contributed by atoms with Crippen LogP contribution in [0.2, 0.25) is 0 Å². The van der Waals surface area contributed by atoms with Crippen molar-refractivity contribution in [3.63, 3.8) is 0 Å². The fourth-order valence-electron chi connectivity index (χ4n) is 0.788. The van der Waals surface area contributed by atoms with E-state index in [1.54, 1.807) is 6.20 Å². The summed E-state index contributed by atoms with van der Waals surface area (Å²) in [6.07, 6.45) is 7.39. The van der Waals surface area contributed by atoms with Crippen molar-refractivity contribution in [2.24, 2.45) is 10.7 Å². The Balaban J connectivity index is 4.22. The third-order valence-corrected chi connectivity index (χ3v) is 1.73. The highest BCUT2D eigenvalue weighted by Crippen LogP contribution is 2.02. The summed E-state index contributed by atoms with van der Waals surface area (Å²) < 4.78 is 0. The largest absolute Gasteiger partial charge is 0.403 e. The average molecular weight is 166 g/mol. The van der Waals surface area contributed by atoms with E-state index in [9.17, 15) is 0 Å². The van der Waals surface area contributed by atoms with Crippen LogP contribution in [0.15, 0.2) is 28.5 Å². The summed E-state index contributed by atoms with van der Waals surface area (Å²) in [6.45, 7) is 6.17. The highest BCUT2D eigenvalue weighted by Gasteiger charge is 1.88. The number of nitrogens with two attached hydrogens (primary N) is 1. The average Bonchev–Trinajstić information content (AvgIpc) is 2.13. The van der Waals surface area contributed by atoms with Crippen LogP contribution in [0.25, 0.3) is 0 Å². The predicted molar refractivity (Wildman–Crippen MR) is 55.1 cm³/mol. The van der Waals surface area contributed by atoms with Crippen molar-refractivity contribution in [3.8, 4) is 0 Å². The fraction of sp³-hybridized carbons (Fsp3) is 0.500. The summed E-state index contributed by atoms with van der Waals surface area (Å²) in [7, 11) is 0. The van der Waals surface area contributed by atoms with Crippen molar-refractivity contribution < 1.29 is 0 Å². The van der Waals surface area contributed by atoms with Gasteiger partial charge in [0.05, 0.1) is 5.70 Å². The van der Waals surface area contributed by atoms with Gasteiger partial charge < -0.3 is 5.73 Å². The molecule has 0 aromatic heterocycles. The molecule has 0 heterocycles. The number of allylic oxidation sites excluding steroid dienone is 3. The molecule has 68 valence electrons. The van der Waals surface area contributed by atoms with E-state index in [0.29, 0.717) is 0 Å². The highest BCUT2D eigenvalue weighted by atomic mass is 14.7. The van der Waals surface area contributed by atoms with E-state index in [4.69, 9.17) is 5.73 Å². The van der Waals surface area contributed by atoms with Crippen molar-refractivity contribution in [3.05, 3.63) is 23.5 Å². The molecule has 0 bridgehead atoms. The second-order valence-corrected chi connectivity index (χ2v) is 2.49. The van der Waals surface area contributed by atoms with E-state index < -0.39 is 0 Å². The summed E-state index contributed by atoms with van der Waals surface area (Å²) in [5.74, 6) is 0. The standard InChI is InChI=1S/C10H18N2/c1-4-9(5-2)8-12-10(6-3)7-11/h4,7-8H,5-6,11H2,1-3H3/b9-4-,10-7+,12-8+. The van der Waals surface area contributed by atoms with Gasteiger partial charge in [-0.05, 0) is 25.3 Å². The number of hydrogen-bond acceptors (Lipinski definition) is 2. The van der Waals surface area contributed by atoms with Gasteiger partial charge in [0.25, 0.3) is 0 Å². The Kier molecular flexibility index (Phi) is 6.07. The van der Waals surface area contributed by atoms with Crippen LogP contribution in [0, 0.1) is 0 Å². The molecular formula is C10H18N2. The maximum atomic E-state index is 5.36. The second-order valence-electron chi connectivity index (χ2n) is 2.49. The molecule has 0 atom stereocenters. The summed E-state index contributed by atoms with van der Waals surface area (Å²) in [5, 5.41) is 0. The first-order valence-electron chi connectivity index (χ1n) is 4.38. The second kappa shape index (κ2) is 6.65. The minimum Gasteiger partial charge on any atom is -0.403 e. The first-order chi connectivity index (χ1) is 5.78. The Morgan fingerprint density at radius 3 is 2.33 bits per heavy atom. The van der Waals surface area contributed by atoms with Crippen molar-refractivity contribution in [1.29, 1.82) is 0 Å². The quantitative estimate of drug-likeness (QED) is 0.640. The van der Waals surface area contributed by atoms with Crippen LogP contribution in [-0.4, -0.2) is 6.21 Å². The summed E-state index contributed by atoms with van der Waals surface area (Å²) in [6, 6.07) is 0. The van der Waals surface area contributed by atoms with Crippen molar-refractivity contribution >= 4 is 6.21 Å². The van der Waals surface area contributed by atoms with Gasteiger partial charge in [0.2, 0.25) is 0 Å². The minimum atomic E-state index is 0.883. The third kappa shape index (κ3) is 3.96. The maximum Gasteiger partial charge on any atom is 0.0555 e. The van der Waals surface area contributed by atoms with Gasteiger partial charge in [0.15, 0.2) is 0 Å². The molecule has 0 unspecified atom stereocenters. The normalized spacial score (nSPS) is 14.2. The summed E-state index contributed by atoms with van der Waals surface area (Å²) >= 11 is 0. The van der Waals surface area contributed by atoms with Gasteiger partial charge in [-0.3, -0.25) is 4.99 Å². The lowest BCUT2D eigenvalue weighted by molar-refractivity contribution is 1.05. The molecule has 0 fully saturated rings. The van der Waals surface area contributed by atoms with Crippen LogP contribution in [0.3, 0.4) is 0 Å². The fourth-order valence-corrected chi connectivity index (χ4v) is 0.788. The van der Waals surface area contributed by atoms with E-state index in [0.717, 1.165) is 18.5 Å². The lowest BCUT2D eigenvalue weighted by Gasteiger charge is -1.96. The maximum absolute atomic E-state index is 5.36. The smallest absolute Gasteiger partial charge is 0.0555 e. The monoisotopic (exact) mass is 166 g/mol. The van der Waals surface area contributed by atoms with Crippen LogP contribution in [0.4, 0.5) is 0 Å². The van der Waals surface area contributed by atoms with Crippen LogP contribution in [-0.2, 0) is 0 Å². The number of aliphatic imine (C=N–C) groups is 1. The van der Waals surface area contributed by atoms with Crippen molar-refractivity contribution in [2.75, 3.05) is 0 Å². The Bertz CT molecular complexity index is 178. The van der Waals surface area contributed by atoms with E-state index >= 15 is 0 Å². The van der Waals surface area contributed by atoms with E-state index in [1.165, 1.54) is 5.57 Å². The molecule has 2 N–H and O–H groups in total. The van der Waals surface area contributed by atoms with Gasteiger partial charge in [0.1, 0.15) is 0 Å². The van der Waals surface area contributed by atoms with E-state index in [2.05, 4.69) is 18.0 Å². The molecule has 0 aliphatic rings. The molecule has 0 saturated heterocycles. The third-order valence-electron chi connectivity index (χ3n) is 1.73. The number of rotatable bonds is 4. The topological polar surface area (TPSA) is 38.4 Å².